The fourth-order valence-corrected chi connectivity index (χ4v) is 3.28. The molecule has 0 aliphatic rings. The Morgan fingerprint density at radius 3 is 2.35 bits per heavy atom. The van der Waals surface area contributed by atoms with Gasteiger partial charge in [0.15, 0.2) is 28.1 Å². The minimum Gasteiger partial charge on any atom is -0.491 e. The smallest absolute Gasteiger partial charge is 0.263 e. The van der Waals surface area contributed by atoms with Gasteiger partial charge in [0, 0.05) is 11.3 Å². The van der Waals surface area contributed by atoms with E-state index in [9.17, 15) is 26.7 Å². The predicted molar refractivity (Wildman–Crippen MR) is 116 cm³/mol. The second kappa shape index (κ2) is 9.06. The number of benzene rings is 3. The number of anilines is 1. The first-order chi connectivity index (χ1) is 16.2. The number of hydrogen-bond acceptors (Lipinski definition) is 5. The van der Waals surface area contributed by atoms with Crippen molar-refractivity contribution in [2.45, 2.75) is 0 Å². The van der Waals surface area contributed by atoms with Crippen LogP contribution in [-0.4, -0.2) is 23.1 Å². The summed E-state index contributed by atoms with van der Waals surface area (Å²) < 4.78 is 79.3. The van der Waals surface area contributed by atoms with Gasteiger partial charge in [0.2, 0.25) is 17.5 Å². The van der Waals surface area contributed by atoms with E-state index in [0.717, 1.165) is 7.11 Å². The normalized spacial score (nSPS) is 10.9. The molecule has 3 aromatic carbocycles. The SMILES string of the molecule is COc1c(F)c(F)c(C(=O)NC(=S)Nc2ccc3oc(-c4cccc(F)c4)nc3c2)c(F)c1F. The Kier molecular flexibility index (Phi) is 6.16. The third kappa shape index (κ3) is 4.27. The van der Waals surface area contributed by atoms with Crippen LogP contribution in [-0.2, 0) is 0 Å². The number of carbonyl (C=O) groups is 1. The maximum absolute atomic E-state index is 14.1. The van der Waals surface area contributed by atoms with Gasteiger partial charge in [-0.15, -0.1) is 0 Å². The van der Waals surface area contributed by atoms with Crippen LogP contribution in [0.2, 0.25) is 0 Å². The summed E-state index contributed by atoms with van der Waals surface area (Å²) in [6.07, 6.45) is 0. The van der Waals surface area contributed by atoms with Crippen molar-refractivity contribution in [2.75, 3.05) is 12.4 Å². The van der Waals surface area contributed by atoms with E-state index in [1.165, 1.54) is 36.4 Å². The maximum atomic E-state index is 14.1. The van der Waals surface area contributed by atoms with Crippen LogP contribution in [0.15, 0.2) is 46.9 Å². The number of nitrogens with one attached hydrogen (secondary N) is 2. The van der Waals surface area contributed by atoms with Crippen LogP contribution in [0.5, 0.6) is 5.75 Å². The van der Waals surface area contributed by atoms with E-state index in [1.807, 2.05) is 5.32 Å². The van der Waals surface area contributed by atoms with Crippen molar-refractivity contribution >= 4 is 40.0 Å². The second-order valence-electron chi connectivity index (χ2n) is 6.78. The van der Waals surface area contributed by atoms with Gasteiger partial charge in [-0.3, -0.25) is 10.1 Å². The molecule has 174 valence electrons. The van der Waals surface area contributed by atoms with Gasteiger partial charge in [-0.1, -0.05) is 6.07 Å². The minimum atomic E-state index is -1.94. The molecule has 6 nitrogen and oxygen atoms in total. The third-order valence-electron chi connectivity index (χ3n) is 4.60. The van der Waals surface area contributed by atoms with Gasteiger partial charge in [-0.05, 0) is 48.6 Å². The van der Waals surface area contributed by atoms with E-state index in [2.05, 4.69) is 15.0 Å². The molecule has 12 heteroatoms. The molecule has 0 spiro atoms. The highest BCUT2D eigenvalue weighted by Crippen LogP contribution is 2.30. The molecule has 4 rings (SSSR count). The summed E-state index contributed by atoms with van der Waals surface area (Å²) in [6.45, 7) is 0. The average Bonchev–Trinajstić information content (AvgIpc) is 3.22. The van der Waals surface area contributed by atoms with Crippen LogP contribution >= 0.6 is 12.2 Å². The van der Waals surface area contributed by atoms with Gasteiger partial charge >= 0.3 is 0 Å². The van der Waals surface area contributed by atoms with Crippen LogP contribution in [0.4, 0.5) is 27.6 Å². The van der Waals surface area contributed by atoms with Crippen molar-refractivity contribution in [2.24, 2.45) is 0 Å². The second-order valence-corrected chi connectivity index (χ2v) is 7.19. The van der Waals surface area contributed by atoms with E-state index in [1.54, 1.807) is 6.07 Å². The molecule has 0 bridgehead atoms. The quantitative estimate of drug-likeness (QED) is 0.228. The van der Waals surface area contributed by atoms with Gasteiger partial charge in [0.1, 0.15) is 16.9 Å². The van der Waals surface area contributed by atoms with Crippen LogP contribution in [0, 0.1) is 29.1 Å². The number of methoxy groups -OCH3 is 1. The third-order valence-corrected chi connectivity index (χ3v) is 4.80. The zero-order valence-electron chi connectivity index (χ0n) is 17.0. The number of carbonyl (C=O) groups excluding carboxylic acids is 1. The zero-order valence-corrected chi connectivity index (χ0v) is 17.8. The summed E-state index contributed by atoms with van der Waals surface area (Å²) in [5.41, 5.74) is -0.0732. The molecule has 0 saturated heterocycles. The predicted octanol–water partition coefficient (Wildman–Crippen LogP) is 5.33. The van der Waals surface area contributed by atoms with Crippen molar-refractivity contribution in [3.05, 3.63) is 77.1 Å². The summed E-state index contributed by atoms with van der Waals surface area (Å²) in [7, 11) is 0.811. The monoisotopic (exact) mass is 493 g/mol. The lowest BCUT2D eigenvalue weighted by atomic mass is 10.1. The molecule has 0 unspecified atom stereocenters. The van der Waals surface area contributed by atoms with Crippen LogP contribution in [0.25, 0.3) is 22.6 Å². The zero-order chi connectivity index (χ0) is 24.6. The molecule has 0 aliphatic carbocycles. The molecule has 1 amide bonds. The molecule has 0 atom stereocenters. The van der Waals surface area contributed by atoms with Gasteiger partial charge in [0.05, 0.1) is 7.11 Å². The van der Waals surface area contributed by atoms with Gasteiger partial charge < -0.3 is 14.5 Å². The molecular formula is C22H12F5N3O3S. The molecule has 0 fully saturated rings. The number of halogens is 5. The average molecular weight is 493 g/mol. The van der Waals surface area contributed by atoms with Crippen LogP contribution < -0.4 is 15.4 Å². The lowest BCUT2D eigenvalue weighted by Crippen LogP contribution is -2.35. The number of hydrogen-bond donors (Lipinski definition) is 2. The molecule has 0 aliphatic heterocycles. The summed E-state index contributed by atoms with van der Waals surface area (Å²) >= 11 is 4.95. The van der Waals surface area contributed by atoms with Gasteiger partial charge in [0.25, 0.3) is 5.91 Å². The lowest BCUT2D eigenvalue weighted by Gasteiger charge is -2.12. The van der Waals surface area contributed by atoms with E-state index in [0.29, 0.717) is 22.4 Å². The lowest BCUT2D eigenvalue weighted by molar-refractivity contribution is 0.0966. The number of amides is 1. The molecule has 1 aromatic heterocycles. The van der Waals surface area contributed by atoms with E-state index < -0.39 is 51.4 Å². The van der Waals surface area contributed by atoms with Crippen molar-refractivity contribution in [3.8, 4) is 17.2 Å². The van der Waals surface area contributed by atoms with Crippen molar-refractivity contribution in [1.29, 1.82) is 0 Å². The summed E-state index contributed by atoms with van der Waals surface area (Å²) in [5, 5.41) is 4.11. The minimum absolute atomic E-state index is 0.164. The highest BCUT2D eigenvalue weighted by molar-refractivity contribution is 7.80. The molecule has 0 saturated carbocycles. The van der Waals surface area contributed by atoms with Gasteiger partial charge in [-0.2, -0.15) is 8.78 Å². The first-order valence-corrected chi connectivity index (χ1v) is 9.79. The number of ether oxygens (including phenoxy) is 1. The summed E-state index contributed by atoms with van der Waals surface area (Å²) in [4.78, 5) is 16.5. The number of aromatic nitrogens is 1. The number of fused-ring (bicyclic) bond motifs is 1. The van der Waals surface area contributed by atoms with E-state index in [4.69, 9.17) is 16.6 Å². The standard InChI is InChI=1S/C22H12F5N3O3S/c1-32-19-17(26)15(24)14(16(25)18(19)27)20(31)30-22(34)28-11-5-6-13-12(8-11)29-21(33-13)9-3-2-4-10(23)7-9/h2-8H,1H3,(H2,28,30,31,34). The topological polar surface area (TPSA) is 76.4 Å². The number of nitrogens with zero attached hydrogens (tertiary/aromatic N) is 1. The first-order valence-electron chi connectivity index (χ1n) is 9.38. The molecule has 4 aromatic rings. The number of rotatable bonds is 4. The summed E-state index contributed by atoms with van der Waals surface area (Å²) in [5.74, 6) is -10.7. The number of thiocarbonyl (C=S) groups is 1. The Bertz CT molecular complexity index is 1430. The number of oxazole rings is 1. The first kappa shape index (κ1) is 23.1. The Morgan fingerprint density at radius 1 is 1.00 bits per heavy atom. The Hall–Kier alpha value is -4.06. The van der Waals surface area contributed by atoms with Crippen molar-refractivity contribution < 1.29 is 35.9 Å². The Balaban J connectivity index is 1.53. The fraction of sp³-hybridized carbons (Fsp3) is 0.0455. The highest BCUT2D eigenvalue weighted by atomic mass is 32.1. The Labute approximate surface area is 193 Å². The van der Waals surface area contributed by atoms with Crippen LogP contribution in [0.1, 0.15) is 10.4 Å². The van der Waals surface area contributed by atoms with E-state index >= 15 is 0 Å². The van der Waals surface area contributed by atoms with Crippen LogP contribution in [0.3, 0.4) is 0 Å². The molecule has 1 heterocycles. The largest absolute Gasteiger partial charge is 0.491 e. The van der Waals surface area contributed by atoms with Gasteiger partial charge in [-0.25, -0.2) is 18.2 Å². The Morgan fingerprint density at radius 2 is 1.71 bits per heavy atom. The molecule has 2 N–H and O–H groups in total. The van der Waals surface area contributed by atoms with Crippen molar-refractivity contribution in [3.63, 3.8) is 0 Å². The fourth-order valence-electron chi connectivity index (χ4n) is 3.07. The molecule has 0 radical (unpaired) electrons. The summed E-state index contributed by atoms with van der Waals surface area (Å²) in [6, 6.07) is 10.1. The highest BCUT2D eigenvalue weighted by Gasteiger charge is 2.30. The van der Waals surface area contributed by atoms with Crippen molar-refractivity contribution in [1.82, 2.24) is 10.3 Å². The maximum Gasteiger partial charge on any atom is 0.263 e. The molecular weight excluding hydrogens is 481 g/mol. The molecule has 34 heavy (non-hydrogen) atoms. The van der Waals surface area contributed by atoms with E-state index in [-0.39, 0.29) is 5.89 Å².